The number of rotatable bonds is 5. The Morgan fingerprint density at radius 3 is 2.54 bits per heavy atom. The Hall–Kier alpha value is -1.73. The number of nitrogens with one attached hydrogen (secondary N) is 2. The topological polar surface area (TPSA) is 61.4 Å². The number of carbonyl (C=O) groups excluding carboxylic acids is 2. The largest absolute Gasteiger partial charge is 0.339 e. The molecule has 1 aliphatic heterocycles. The predicted molar refractivity (Wildman–Crippen MR) is 90.9 cm³/mol. The number of carbonyl (C=O) groups is 2. The van der Waals surface area contributed by atoms with Crippen LogP contribution in [0.1, 0.15) is 30.6 Å². The van der Waals surface area contributed by atoms with E-state index in [0.29, 0.717) is 24.3 Å². The van der Waals surface area contributed by atoms with E-state index in [2.05, 4.69) is 10.6 Å². The molecule has 1 saturated heterocycles. The van der Waals surface area contributed by atoms with Crippen LogP contribution in [-0.2, 0) is 4.79 Å². The molecule has 1 aromatic carbocycles. The number of hydrogen-bond donors (Lipinski definition) is 2. The molecule has 24 heavy (non-hydrogen) atoms. The van der Waals surface area contributed by atoms with Crippen molar-refractivity contribution in [2.24, 2.45) is 0 Å². The number of amides is 2. The lowest BCUT2D eigenvalue weighted by Gasteiger charge is -2.19. The SMILES string of the molecule is CCN(CC)C(=O)c1cccc(NC(=O)C2CC(F)(F)CN2)c1.Cl. The van der Waals surface area contributed by atoms with E-state index in [1.54, 1.807) is 29.2 Å². The van der Waals surface area contributed by atoms with E-state index >= 15 is 0 Å². The second-order valence-electron chi connectivity index (χ2n) is 5.54. The summed E-state index contributed by atoms with van der Waals surface area (Å²) in [7, 11) is 0. The third-order valence-corrected chi connectivity index (χ3v) is 3.85. The Balaban J connectivity index is 0.00000288. The molecule has 2 amide bonds. The molecule has 0 saturated carbocycles. The second kappa shape index (κ2) is 8.39. The van der Waals surface area contributed by atoms with Gasteiger partial charge in [-0.25, -0.2) is 8.78 Å². The predicted octanol–water partition coefficient (Wildman–Crippen LogP) is 2.53. The van der Waals surface area contributed by atoms with Crippen molar-refractivity contribution in [3.8, 4) is 0 Å². The van der Waals surface area contributed by atoms with Gasteiger partial charge >= 0.3 is 0 Å². The van der Waals surface area contributed by atoms with E-state index in [-0.39, 0.29) is 18.3 Å². The summed E-state index contributed by atoms with van der Waals surface area (Å²) in [5.74, 6) is -3.51. The molecule has 1 unspecified atom stereocenters. The van der Waals surface area contributed by atoms with Crippen molar-refractivity contribution in [3.05, 3.63) is 29.8 Å². The first-order valence-electron chi connectivity index (χ1n) is 7.67. The minimum atomic E-state index is -2.86. The zero-order chi connectivity index (χ0) is 17.0. The Morgan fingerprint density at radius 2 is 2.00 bits per heavy atom. The fourth-order valence-corrected chi connectivity index (χ4v) is 2.55. The van der Waals surface area contributed by atoms with Crippen LogP contribution in [0.4, 0.5) is 14.5 Å². The Bertz CT molecular complexity index is 594. The van der Waals surface area contributed by atoms with Crippen LogP contribution in [0.25, 0.3) is 0 Å². The molecule has 0 spiro atoms. The van der Waals surface area contributed by atoms with Gasteiger partial charge in [-0.05, 0) is 32.0 Å². The quantitative estimate of drug-likeness (QED) is 0.847. The molecule has 1 heterocycles. The van der Waals surface area contributed by atoms with Gasteiger partial charge in [-0.15, -0.1) is 12.4 Å². The van der Waals surface area contributed by atoms with Crippen LogP contribution < -0.4 is 10.6 Å². The van der Waals surface area contributed by atoms with Crippen LogP contribution in [0.2, 0.25) is 0 Å². The lowest BCUT2D eigenvalue weighted by molar-refractivity contribution is -0.118. The Labute approximate surface area is 146 Å². The summed E-state index contributed by atoms with van der Waals surface area (Å²) in [5, 5.41) is 5.09. The number of hydrogen-bond acceptors (Lipinski definition) is 3. The van der Waals surface area contributed by atoms with E-state index in [0.717, 1.165) is 0 Å². The maximum Gasteiger partial charge on any atom is 0.262 e. The van der Waals surface area contributed by atoms with Crippen molar-refractivity contribution < 1.29 is 18.4 Å². The van der Waals surface area contributed by atoms with Gasteiger partial charge in [0.05, 0.1) is 12.6 Å². The van der Waals surface area contributed by atoms with Gasteiger partial charge in [-0.2, -0.15) is 0 Å². The van der Waals surface area contributed by atoms with Crippen LogP contribution in [0.5, 0.6) is 0 Å². The average molecular weight is 362 g/mol. The molecule has 0 aromatic heterocycles. The van der Waals surface area contributed by atoms with Gasteiger partial charge in [0.25, 0.3) is 11.8 Å². The van der Waals surface area contributed by atoms with E-state index < -0.39 is 30.8 Å². The lowest BCUT2D eigenvalue weighted by atomic mass is 10.1. The van der Waals surface area contributed by atoms with Gasteiger partial charge in [-0.1, -0.05) is 6.07 Å². The zero-order valence-electron chi connectivity index (χ0n) is 13.6. The van der Waals surface area contributed by atoms with Crippen molar-refractivity contribution in [2.45, 2.75) is 32.2 Å². The normalized spacial score (nSPS) is 18.6. The van der Waals surface area contributed by atoms with Gasteiger partial charge in [0.15, 0.2) is 0 Å². The van der Waals surface area contributed by atoms with Crippen molar-refractivity contribution in [1.29, 1.82) is 0 Å². The summed E-state index contributed by atoms with van der Waals surface area (Å²) in [5.41, 5.74) is 0.876. The first-order valence-corrected chi connectivity index (χ1v) is 7.67. The highest BCUT2D eigenvalue weighted by molar-refractivity contribution is 5.98. The second-order valence-corrected chi connectivity index (χ2v) is 5.54. The molecule has 8 heteroatoms. The molecule has 134 valence electrons. The highest BCUT2D eigenvalue weighted by Gasteiger charge is 2.42. The molecule has 0 aliphatic carbocycles. The maximum atomic E-state index is 13.1. The van der Waals surface area contributed by atoms with Gasteiger partial charge in [0.1, 0.15) is 0 Å². The minimum absolute atomic E-state index is 0. The number of alkyl halides is 2. The molecule has 2 rings (SSSR count). The van der Waals surface area contributed by atoms with Crippen molar-refractivity contribution in [3.63, 3.8) is 0 Å². The molecule has 0 bridgehead atoms. The fourth-order valence-electron chi connectivity index (χ4n) is 2.55. The number of anilines is 1. The number of benzene rings is 1. The number of halogens is 3. The molecule has 1 aromatic rings. The highest BCUT2D eigenvalue weighted by atomic mass is 35.5. The van der Waals surface area contributed by atoms with Gasteiger partial charge in [0.2, 0.25) is 5.91 Å². The number of nitrogens with zero attached hydrogens (tertiary/aromatic N) is 1. The first kappa shape index (κ1) is 20.3. The Morgan fingerprint density at radius 1 is 1.33 bits per heavy atom. The van der Waals surface area contributed by atoms with Crippen molar-refractivity contribution >= 4 is 29.9 Å². The minimum Gasteiger partial charge on any atom is -0.339 e. The van der Waals surface area contributed by atoms with Crippen LogP contribution in [0.15, 0.2) is 24.3 Å². The maximum absolute atomic E-state index is 13.1. The summed E-state index contributed by atoms with van der Waals surface area (Å²) in [4.78, 5) is 26.0. The van der Waals surface area contributed by atoms with Crippen LogP contribution >= 0.6 is 12.4 Å². The van der Waals surface area contributed by atoms with E-state index in [4.69, 9.17) is 0 Å². The highest BCUT2D eigenvalue weighted by Crippen LogP contribution is 2.25. The van der Waals surface area contributed by atoms with Gasteiger partial charge in [0, 0.05) is 30.8 Å². The molecule has 5 nitrogen and oxygen atoms in total. The molecule has 0 radical (unpaired) electrons. The molecule has 2 N–H and O–H groups in total. The zero-order valence-corrected chi connectivity index (χ0v) is 14.5. The summed E-state index contributed by atoms with van der Waals surface area (Å²) >= 11 is 0. The standard InChI is InChI=1S/C16H21F2N3O2.ClH/c1-3-21(4-2)15(23)11-6-5-7-12(8-11)20-14(22)13-9-16(17,18)10-19-13;/h5-8,13,19H,3-4,9-10H2,1-2H3,(H,20,22);1H. The third-order valence-electron chi connectivity index (χ3n) is 3.85. The van der Waals surface area contributed by atoms with Crippen LogP contribution in [-0.4, -0.2) is 48.3 Å². The molecule has 1 fully saturated rings. The summed E-state index contributed by atoms with van der Waals surface area (Å²) in [6.45, 7) is 4.46. The fraction of sp³-hybridized carbons (Fsp3) is 0.500. The smallest absolute Gasteiger partial charge is 0.262 e. The Kier molecular flexibility index (Phi) is 7.10. The molecule has 1 atom stereocenters. The van der Waals surface area contributed by atoms with Crippen molar-refractivity contribution in [2.75, 3.05) is 25.0 Å². The lowest BCUT2D eigenvalue weighted by Crippen LogP contribution is -2.35. The molecular weight excluding hydrogens is 340 g/mol. The van der Waals surface area contributed by atoms with Crippen LogP contribution in [0, 0.1) is 0 Å². The summed E-state index contributed by atoms with van der Waals surface area (Å²) in [6, 6.07) is 5.59. The van der Waals surface area contributed by atoms with Crippen LogP contribution in [0.3, 0.4) is 0 Å². The van der Waals surface area contributed by atoms with E-state index in [9.17, 15) is 18.4 Å². The third kappa shape index (κ3) is 4.88. The summed E-state index contributed by atoms with van der Waals surface area (Å²) in [6.07, 6.45) is -0.517. The van der Waals surface area contributed by atoms with E-state index in [1.807, 2.05) is 13.8 Å². The van der Waals surface area contributed by atoms with Gasteiger partial charge in [-0.3, -0.25) is 14.9 Å². The van der Waals surface area contributed by atoms with Gasteiger partial charge < -0.3 is 10.2 Å². The van der Waals surface area contributed by atoms with E-state index in [1.165, 1.54) is 0 Å². The first-order chi connectivity index (χ1) is 10.9. The summed E-state index contributed by atoms with van der Waals surface area (Å²) < 4.78 is 26.3. The average Bonchev–Trinajstić information content (AvgIpc) is 2.89. The monoisotopic (exact) mass is 361 g/mol. The van der Waals surface area contributed by atoms with Crippen molar-refractivity contribution in [1.82, 2.24) is 10.2 Å². The molecule has 1 aliphatic rings. The molecular formula is C16H22ClF2N3O2.